The minimum absolute atomic E-state index is 0.117. The summed E-state index contributed by atoms with van der Waals surface area (Å²) in [4.78, 5) is 39.0. The van der Waals surface area contributed by atoms with Crippen LogP contribution >= 0.6 is 11.3 Å². The Hall–Kier alpha value is -4.15. The lowest BCUT2D eigenvalue weighted by atomic mass is 10.0. The second-order valence-electron chi connectivity index (χ2n) is 10.2. The highest BCUT2D eigenvalue weighted by molar-refractivity contribution is 7.07. The number of amides is 1. The fourth-order valence-electron chi connectivity index (χ4n) is 3.92. The summed E-state index contributed by atoms with van der Waals surface area (Å²) in [7, 11) is 0. The fraction of sp³-hybridized carbons (Fsp3) is 0.300. The summed E-state index contributed by atoms with van der Waals surface area (Å²) in [5.74, 6) is -0.690. The zero-order valence-corrected chi connectivity index (χ0v) is 23.8. The number of benzene rings is 1. The smallest absolute Gasteiger partial charge is 0.344 e. The molecule has 0 aliphatic rings. The van der Waals surface area contributed by atoms with Gasteiger partial charge in [0.25, 0.3) is 0 Å². The molecule has 9 nitrogen and oxygen atoms in total. The highest BCUT2D eigenvalue weighted by Crippen LogP contribution is 2.29. The van der Waals surface area contributed by atoms with E-state index in [4.69, 9.17) is 9.47 Å². The van der Waals surface area contributed by atoms with Gasteiger partial charge in [-0.05, 0) is 63.4 Å². The van der Waals surface area contributed by atoms with Crippen LogP contribution in [-0.4, -0.2) is 45.1 Å². The largest absolute Gasteiger partial charge is 0.464 e. The first-order valence-electron chi connectivity index (χ1n) is 12.9. The van der Waals surface area contributed by atoms with Crippen molar-refractivity contribution in [1.29, 1.82) is 0 Å². The minimum atomic E-state index is -0.651. The first-order valence-corrected chi connectivity index (χ1v) is 13.8. The van der Waals surface area contributed by atoms with Gasteiger partial charge in [0.1, 0.15) is 11.3 Å². The molecular formula is C30H33N5O4S. The molecule has 3 heterocycles. The summed E-state index contributed by atoms with van der Waals surface area (Å²) in [6, 6.07) is 14.8. The zero-order chi connectivity index (χ0) is 28.5. The molecule has 1 amide bonds. The molecule has 0 unspecified atom stereocenters. The molecule has 208 valence electrons. The van der Waals surface area contributed by atoms with Gasteiger partial charge in [-0.2, -0.15) is 0 Å². The molecule has 1 aromatic carbocycles. The lowest BCUT2D eigenvalue weighted by molar-refractivity contribution is -0.157. The first-order chi connectivity index (χ1) is 19.2. The van der Waals surface area contributed by atoms with Crippen LogP contribution < -0.4 is 15.4 Å². The van der Waals surface area contributed by atoms with Crippen molar-refractivity contribution in [2.75, 3.05) is 11.9 Å². The van der Waals surface area contributed by atoms with Gasteiger partial charge in [0.15, 0.2) is 6.61 Å². The third-order valence-corrected chi connectivity index (χ3v) is 6.33. The van der Waals surface area contributed by atoms with Gasteiger partial charge < -0.3 is 14.8 Å². The standard InChI is InChI=1S/C30H33N5O4S/c1-20-12-22(10-11-31-20)23-14-26(29(33-15-23)38-17-27(36)39-30(2,3)4)35-28(37)25(13-21-8-6-5-7-9-21)32-16-24-18-40-19-34-24/h5-12,14-15,18-19,25,32H,13,16-17H2,1-4H3,(H,35,37)/t25-/m0/s1. The van der Waals surface area contributed by atoms with Crippen molar-refractivity contribution in [3.8, 4) is 17.0 Å². The number of hydrogen-bond acceptors (Lipinski definition) is 9. The van der Waals surface area contributed by atoms with Crippen LogP contribution in [0.1, 0.15) is 37.7 Å². The minimum Gasteiger partial charge on any atom is -0.464 e. The third-order valence-electron chi connectivity index (χ3n) is 5.70. The van der Waals surface area contributed by atoms with Crippen LogP contribution in [0.5, 0.6) is 5.88 Å². The van der Waals surface area contributed by atoms with E-state index in [0.29, 0.717) is 18.7 Å². The van der Waals surface area contributed by atoms with Gasteiger partial charge in [-0.25, -0.2) is 14.8 Å². The van der Waals surface area contributed by atoms with Gasteiger partial charge >= 0.3 is 5.97 Å². The first kappa shape index (κ1) is 28.8. The lowest BCUT2D eigenvalue weighted by Gasteiger charge is -2.21. The summed E-state index contributed by atoms with van der Waals surface area (Å²) in [6.45, 7) is 7.34. The molecule has 2 N–H and O–H groups in total. The molecule has 0 spiro atoms. The van der Waals surface area contributed by atoms with E-state index >= 15 is 0 Å². The molecule has 0 aliphatic carbocycles. The summed E-state index contributed by atoms with van der Waals surface area (Å²) in [5, 5.41) is 8.25. The van der Waals surface area contributed by atoms with Crippen molar-refractivity contribution in [3.63, 3.8) is 0 Å². The van der Waals surface area contributed by atoms with Crippen LogP contribution in [-0.2, 0) is 27.3 Å². The molecule has 1 atom stereocenters. The number of pyridine rings is 2. The van der Waals surface area contributed by atoms with Crippen molar-refractivity contribution >= 4 is 28.9 Å². The maximum atomic E-state index is 13.7. The highest BCUT2D eigenvalue weighted by atomic mass is 32.1. The number of esters is 1. The number of anilines is 1. The SMILES string of the molecule is Cc1cc(-c2cnc(OCC(=O)OC(C)(C)C)c(NC(=O)[C@H](Cc3ccccc3)NCc3cscn3)c2)ccn1. The van der Waals surface area contributed by atoms with Crippen LogP contribution in [0.25, 0.3) is 11.1 Å². The van der Waals surface area contributed by atoms with E-state index in [-0.39, 0.29) is 18.4 Å². The molecule has 40 heavy (non-hydrogen) atoms. The summed E-state index contributed by atoms with van der Waals surface area (Å²) >= 11 is 1.50. The normalized spacial score (nSPS) is 12.0. The van der Waals surface area contributed by atoms with Crippen LogP contribution in [0.2, 0.25) is 0 Å². The molecule has 0 bridgehead atoms. The van der Waals surface area contributed by atoms with Crippen molar-refractivity contribution < 1.29 is 19.1 Å². The molecular weight excluding hydrogens is 526 g/mol. The Morgan fingerprint density at radius 3 is 2.52 bits per heavy atom. The van der Waals surface area contributed by atoms with Crippen LogP contribution in [0.4, 0.5) is 5.69 Å². The molecule has 4 rings (SSSR count). The Morgan fingerprint density at radius 1 is 1.02 bits per heavy atom. The molecule has 0 saturated heterocycles. The number of hydrogen-bond donors (Lipinski definition) is 2. The van der Waals surface area contributed by atoms with E-state index in [2.05, 4.69) is 25.6 Å². The number of thiazole rings is 1. The van der Waals surface area contributed by atoms with Gasteiger partial charge in [0.2, 0.25) is 11.8 Å². The summed E-state index contributed by atoms with van der Waals surface area (Å²) in [5.41, 5.74) is 5.81. The van der Waals surface area contributed by atoms with Crippen molar-refractivity contribution in [2.45, 2.75) is 52.3 Å². The molecule has 3 aromatic heterocycles. The number of nitrogens with one attached hydrogen (secondary N) is 2. The summed E-state index contributed by atoms with van der Waals surface area (Å²) in [6.07, 6.45) is 3.81. The topological polar surface area (TPSA) is 115 Å². The molecule has 0 aliphatic heterocycles. The number of carbonyl (C=O) groups is 2. The van der Waals surface area contributed by atoms with Gasteiger partial charge in [-0.3, -0.25) is 15.1 Å². The Balaban J connectivity index is 1.59. The zero-order valence-electron chi connectivity index (χ0n) is 23.0. The van der Waals surface area contributed by atoms with Crippen LogP contribution in [0.15, 0.2) is 71.8 Å². The molecule has 0 radical (unpaired) electrons. The predicted molar refractivity (Wildman–Crippen MR) is 155 cm³/mol. The van der Waals surface area contributed by atoms with E-state index in [1.54, 1.807) is 44.7 Å². The average molecular weight is 560 g/mol. The maximum Gasteiger partial charge on any atom is 0.344 e. The number of nitrogens with zero attached hydrogens (tertiary/aromatic N) is 3. The van der Waals surface area contributed by atoms with E-state index in [1.807, 2.05) is 54.8 Å². The number of rotatable bonds is 11. The quantitative estimate of drug-likeness (QED) is 0.248. The molecule has 4 aromatic rings. The second kappa shape index (κ2) is 13.3. The fourth-order valence-corrected chi connectivity index (χ4v) is 4.48. The van der Waals surface area contributed by atoms with Crippen molar-refractivity contribution in [1.82, 2.24) is 20.3 Å². The van der Waals surface area contributed by atoms with E-state index in [1.165, 1.54) is 11.3 Å². The van der Waals surface area contributed by atoms with Gasteiger partial charge in [0, 0.05) is 35.6 Å². The van der Waals surface area contributed by atoms with Gasteiger partial charge in [-0.15, -0.1) is 11.3 Å². The molecule has 0 saturated carbocycles. The van der Waals surface area contributed by atoms with Crippen molar-refractivity contribution in [2.24, 2.45) is 0 Å². The molecule has 10 heteroatoms. The van der Waals surface area contributed by atoms with Crippen LogP contribution in [0.3, 0.4) is 0 Å². The number of ether oxygens (including phenoxy) is 2. The van der Waals surface area contributed by atoms with Crippen LogP contribution in [0, 0.1) is 6.92 Å². The number of aryl methyl sites for hydroxylation is 1. The van der Waals surface area contributed by atoms with Crippen molar-refractivity contribution in [3.05, 3.63) is 88.8 Å². The third kappa shape index (κ3) is 8.69. The second-order valence-corrected chi connectivity index (χ2v) is 10.9. The number of carbonyl (C=O) groups excluding carboxylic acids is 2. The van der Waals surface area contributed by atoms with Gasteiger partial charge in [-0.1, -0.05) is 30.3 Å². The van der Waals surface area contributed by atoms with E-state index in [0.717, 1.165) is 28.1 Å². The van der Waals surface area contributed by atoms with Gasteiger partial charge in [0.05, 0.1) is 17.2 Å². The number of aromatic nitrogens is 3. The maximum absolute atomic E-state index is 13.7. The van der Waals surface area contributed by atoms with E-state index in [9.17, 15) is 9.59 Å². The summed E-state index contributed by atoms with van der Waals surface area (Å²) < 4.78 is 11.1. The monoisotopic (exact) mass is 559 g/mol. The Morgan fingerprint density at radius 2 is 1.82 bits per heavy atom. The predicted octanol–water partition coefficient (Wildman–Crippen LogP) is 4.97. The average Bonchev–Trinajstić information content (AvgIpc) is 3.43. The highest BCUT2D eigenvalue weighted by Gasteiger charge is 2.23. The Kier molecular flexibility index (Phi) is 9.57. The Bertz CT molecular complexity index is 1420. The van der Waals surface area contributed by atoms with E-state index < -0.39 is 17.6 Å². The molecule has 0 fully saturated rings. The Labute approximate surface area is 238 Å². The lowest BCUT2D eigenvalue weighted by Crippen LogP contribution is -2.42.